The van der Waals surface area contributed by atoms with Crippen molar-refractivity contribution in [1.29, 1.82) is 0 Å². The maximum Gasteiger partial charge on any atom is 0.293 e. The topological polar surface area (TPSA) is 102 Å². The summed E-state index contributed by atoms with van der Waals surface area (Å²) in [6, 6.07) is 19.3. The Kier molecular flexibility index (Phi) is 9.44. The smallest absolute Gasteiger partial charge is 0.293 e. The second kappa shape index (κ2) is 13.0. The molecule has 0 saturated carbocycles. The predicted molar refractivity (Wildman–Crippen MR) is 159 cm³/mol. The zero-order valence-corrected chi connectivity index (χ0v) is 24.5. The van der Waals surface area contributed by atoms with Crippen molar-refractivity contribution in [2.75, 3.05) is 25.6 Å². The van der Waals surface area contributed by atoms with Gasteiger partial charge < -0.3 is 14.8 Å². The molecule has 3 aromatic carbocycles. The van der Waals surface area contributed by atoms with Crippen LogP contribution in [0, 0.1) is 0 Å². The largest absolute Gasteiger partial charge is 0.493 e. The number of thioether (sulfide) groups is 1. The summed E-state index contributed by atoms with van der Waals surface area (Å²) >= 11 is 4.08. The third kappa shape index (κ3) is 7.00. The first-order chi connectivity index (χ1) is 19.2. The van der Waals surface area contributed by atoms with Crippen molar-refractivity contribution in [1.82, 2.24) is 4.90 Å². The van der Waals surface area contributed by atoms with Crippen molar-refractivity contribution in [3.8, 4) is 11.5 Å². The van der Waals surface area contributed by atoms with E-state index in [1.165, 1.54) is 7.11 Å². The Morgan fingerprint density at radius 2 is 1.75 bits per heavy atom. The molecular formula is C30H27BrN2O6S. The minimum absolute atomic E-state index is 0.188. The fraction of sp³-hybridized carbons (Fsp3) is 0.200. The fourth-order valence-electron chi connectivity index (χ4n) is 4.00. The lowest BCUT2D eigenvalue weighted by atomic mass is 10.0. The summed E-state index contributed by atoms with van der Waals surface area (Å²) in [6.45, 7) is 3.53. The highest BCUT2D eigenvalue weighted by Gasteiger charge is 2.36. The van der Waals surface area contributed by atoms with Crippen LogP contribution in [-0.4, -0.2) is 48.0 Å². The summed E-state index contributed by atoms with van der Waals surface area (Å²) in [5.74, 6) is -0.243. The molecule has 3 aromatic rings. The van der Waals surface area contributed by atoms with Gasteiger partial charge in [-0.25, -0.2) is 0 Å². The number of nitrogens with one attached hydrogen (secondary N) is 1. The Balaban J connectivity index is 1.41. The zero-order valence-electron chi connectivity index (χ0n) is 22.1. The number of nitrogens with zero attached hydrogens (tertiary/aromatic N) is 1. The number of Topliss-reactive ketones (excluding diaryl/α,β-unsaturated/α-hetero) is 1. The Hall–Kier alpha value is -3.89. The molecule has 0 unspecified atom stereocenters. The number of amides is 3. The number of carbonyl (C=O) groups excluding carboxylic acids is 4. The normalized spacial score (nSPS) is 14.1. The van der Waals surface area contributed by atoms with Gasteiger partial charge in [0.05, 0.1) is 18.6 Å². The molecule has 1 saturated heterocycles. The molecule has 0 aliphatic carbocycles. The molecule has 1 N–H and O–H groups in total. The number of hydrogen-bond donors (Lipinski definition) is 1. The predicted octanol–water partition coefficient (Wildman–Crippen LogP) is 6.52. The van der Waals surface area contributed by atoms with Crippen molar-refractivity contribution in [2.24, 2.45) is 0 Å². The molecule has 0 atom stereocenters. The van der Waals surface area contributed by atoms with Crippen LogP contribution in [0.25, 0.3) is 6.08 Å². The number of carbonyl (C=O) groups is 4. The van der Waals surface area contributed by atoms with Gasteiger partial charge in [0.25, 0.3) is 17.1 Å². The second-order valence-electron chi connectivity index (χ2n) is 9.19. The summed E-state index contributed by atoms with van der Waals surface area (Å²) in [6.07, 6.45) is 1.55. The Bertz CT molecular complexity index is 1490. The minimum atomic E-state index is -0.543. The number of anilines is 1. The first-order valence-corrected chi connectivity index (χ1v) is 14.0. The molecule has 40 heavy (non-hydrogen) atoms. The average molecular weight is 624 g/mol. The maximum absolute atomic E-state index is 12.9. The van der Waals surface area contributed by atoms with E-state index in [0.717, 1.165) is 32.4 Å². The van der Waals surface area contributed by atoms with Gasteiger partial charge in [-0.3, -0.25) is 24.1 Å². The van der Waals surface area contributed by atoms with E-state index in [1.807, 2.05) is 24.3 Å². The summed E-state index contributed by atoms with van der Waals surface area (Å²) < 4.78 is 12.0. The number of ether oxygens (including phenoxy) is 2. The molecular weight excluding hydrogens is 596 g/mol. The number of halogens is 1. The van der Waals surface area contributed by atoms with Crippen LogP contribution in [-0.2, 0) is 9.59 Å². The van der Waals surface area contributed by atoms with Gasteiger partial charge in [0.1, 0.15) is 0 Å². The molecule has 1 aliphatic heterocycles. The van der Waals surface area contributed by atoms with Crippen molar-refractivity contribution in [3.05, 3.63) is 92.8 Å². The lowest BCUT2D eigenvalue weighted by Crippen LogP contribution is -2.33. The van der Waals surface area contributed by atoms with Gasteiger partial charge in [0.2, 0.25) is 0 Å². The van der Waals surface area contributed by atoms with Crippen LogP contribution < -0.4 is 14.8 Å². The minimum Gasteiger partial charge on any atom is -0.493 e. The molecule has 10 heteroatoms. The number of benzene rings is 3. The van der Waals surface area contributed by atoms with E-state index in [4.69, 9.17) is 9.47 Å². The van der Waals surface area contributed by atoms with E-state index in [0.29, 0.717) is 22.6 Å². The fourth-order valence-corrected chi connectivity index (χ4v) is 5.10. The average Bonchev–Trinajstić information content (AvgIpc) is 3.19. The van der Waals surface area contributed by atoms with Crippen molar-refractivity contribution >= 4 is 62.3 Å². The highest BCUT2D eigenvalue weighted by Crippen LogP contribution is 2.35. The van der Waals surface area contributed by atoms with Gasteiger partial charge >= 0.3 is 0 Å². The van der Waals surface area contributed by atoms with E-state index < -0.39 is 11.1 Å². The van der Waals surface area contributed by atoms with Gasteiger partial charge in [-0.2, -0.15) is 0 Å². The molecule has 1 fully saturated rings. The molecule has 0 aromatic heterocycles. The van der Waals surface area contributed by atoms with Gasteiger partial charge in [-0.15, -0.1) is 0 Å². The van der Waals surface area contributed by atoms with Crippen molar-refractivity contribution < 1.29 is 28.7 Å². The molecule has 206 valence electrons. The van der Waals surface area contributed by atoms with E-state index in [1.54, 1.807) is 48.5 Å². The summed E-state index contributed by atoms with van der Waals surface area (Å²) in [4.78, 5) is 51.7. The van der Waals surface area contributed by atoms with Gasteiger partial charge in [0.15, 0.2) is 23.9 Å². The molecule has 3 amide bonds. The van der Waals surface area contributed by atoms with E-state index in [-0.39, 0.29) is 35.7 Å². The SMILES string of the molecule is COc1cc(/C=C2\SC(=O)N(CC(=O)c3ccc(Br)cc3)C2=O)ccc1OCC(=O)Nc1ccccc1C(C)C. The van der Waals surface area contributed by atoms with Gasteiger partial charge in [0, 0.05) is 15.7 Å². The summed E-state index contributed by atoms with van der Waals surface area (Å²) in [5, 5.41) is 2.37. The van der Waals surface area contributed by atoms with Crippen molar-refractivity contribution in [3.63, 3.8) is 0 Å². The van der Waals surface area contributed by atoms with Crippen LogP contribution in [0.5, 0.6) is 11.5 Å². The number of methoxy groups -OCH3 is 1. The second-order valence-corrected chi connectivity index (χ2v) is 11.1. The Morgan fingerprint density at radius 3 is 2.45 bits per heavy atom. The van der Waals surface area contributed by atoms with Crippen LogP contribution in [0.15, 0.2) is 76.1 Å². The molecule has 8 nitrogen and oxygen atoms in total. The van der Waals surface area contributed by atoms with Gasteiger partial charge in [-0.1, -0.05) is 66.2 Å². The number of ketones is 1. The first kappa shape index (κ1) is 29.1. The molecule has 0 bridgehead atoms. The van der Waals surface area contributed by atoms with Gasteiger partial charge in [-0.05, 0) is 65.2 Å². The van der Waals surface area contributed by atoms with Crippen LogP contribution >= 0.6 is 27.7 Å². The quantitative estimate of drug-likeness (QED) is 0.203. The van der Waals surface area contributed by atoms with E-state index >= 15 is 0 Å². The lowest BCUT2D eigenvalue weighted by Gasteiger charge is -2.15. The highest BCUT2D eigenvalue weighted by atomic mass is 79.9. The molecule has 0 spiro atoms. The molecule has 4 rings (SSSR count). The maximum atomic E-state index is 12.9. The summed E-state index contributed by atoms with van der Waals surface area (Å²) in [7, 11) is 1.46. The van der Waals surface area contributed by atoms with Crippen LogP contribution in [0.1, 0.15) is 41.3 Å². The number of para-hydroxylation sites is 1. The van der Waals surface area contributed by atoms with E-state index in [9.17, 15) is 19.2 Å². The highest BCUT2D eigenvalue weighted by molar-refractivity contribution is 9.10. The monoisotopic (exact) mass is 622 g/mol. The van der Waals surface area contributed by atoms with Crippen LogP contribution in [0.4, 0.5) is 10.5 Å². The molecule has 1 aliphatic rings. The van der Waals surface area contributed by atoms with E-state index in [2.05, 4.69) is 35.1 Å². The Labute approximate surface area is 244 Å². The third-order valence-electron chi connectivity index (χ3n) is 6.04. The number of imide groups is 1. The molecule has 0 radical (unpaired) electrons. The zero-order chi connectivity index (χ0) is 28.8. The Morgan fingerprint density at radius 1 is 1.02 bits per heavy atom. The summed E-state index contributed by atoms with van der Waals surface area (Å²) in [5.41, 5.74) is 2.76. The van der Waals surface area contributed by atoms with Crippen LogP contribution in [0.2, 0.25) is 0 Å². The number of hydrogen-bond acceptors (Lipinski definition) is 7. The first-order valence-electron chi connectivity index (χ1n) is 12.4. The lowest BCUT2D eigenvalue weighted by molar-refractivity contribution is -0.122. The van der Waals surface area contributed by atoms with Crippen LogP contribution in [0.3, 0.4) is 0 Å². The standard InChI is InChI=1S/C30H27BrN2O6S/c1-18(2)22-6-4-5-7-23(22)32-28(35)17-39-25-13-8-19(14-26(25)38-3)15-27-29(36)33(30(37)40-27)16-24(34)20-9-11-21(31)12-10-20/h4-15,18H,16-17H2,1-3H3,(H,32,35)/b27-15-. The van der Waals surface area contributed by atoms with Crippen molar-refractivity contribution in [2.45, 2.75) is 19.8 Å². The molecule has 1 heterocycles. The number of rotatable bonds is 10. The third-order valence-corrected chi connectivity index (χ3v) is 7.48.